The Labute approximate surface area is 270 Å². The van der Waals surface area contributed by atoms with E-state index in [1.165, 1.54) is 79.0 Å². The van der Waals surface area contributed by atoms with Crippen LogP contribution in [0.1, 0.15) is 0 Å². The molecule has 11 aromatic rings. The molecule has 46 heavy (non-hydrogen) atoms. The van der Waals surface area contributed by atoms with E-state index in [9.17, 15) is 0 Å². The van der Waals surface area contributed by atoms with Gasteiger partial charge in [0.25, 0.3) is 0 Å². The van der Waals surface area contributed by atoms with Gasteiger partial charge in [-0.2, -0.15) is 0 Å². The molecule has 0 radical (unpaired) electrons. The highest BCUT2D eigenvalue weighted by atomic mass is 32.1. The molecule has 11 rings (SSSR count). The van der Waals surface area contributed by atoms with E-state index >= 15 is 0 Å². The van der Waals surface area contributed by atoms with E-state index in [1.807, 2.05) is 28.7 Å². The number of hydrogen-bond acceptors (Lipinski definition) is 3. The summed E-state index contributed by atoms with van der Waals surface area (Å²) < 4.78 is 14.1. The number of rotatable bonds is 2. The molecule has 214 valence electrons. The smallest absolute Gasteiger partial charge is 0.136 e. The highest BCUT2D eigenvalue weighted by molar-refractivity contribution is 7.26. The lowest BCUT2D eigenvalue weighted by Gasteiger charge is -2.09. The van der Waals surface area contributed by atoms with Gasteiger partial charge in [-0.3, -0.25) is 0 Å². The average molecular weight is 622 g/mol. The van der Waals surface area contributed by atoms with Gasteiger partial charge in [0.1, 0.15) is 11.2 Å². The van der Waals surface area contributed by atoms with E-state index < -0.39 is 0 Å². The van der Waals surface area contributed by atoms with Crippen molar-refractivity contribution in [3.05, 3.63) is 140 Å². The van der Waals surface area contributed by atoms with Crippen LogP contribution in [0.3, 0.4) is 0 Å². The minimum atomic E-state index is 0.926. The monoisotopic (exact) mass is 621 g/mol. The predicted octanol–water partition coefficient (Wildman–Crippen LogP) is 13.1. The number of thiophene rings is 2. The number of hydrogen-bond donors (Lipinski definition) is 0. The van der Waals surface area contributed by atoms with E-state index in [-0.39, 0.29) is 0 Å². The lowest BCUT2D eigenvalue weighted by Crippen LogP contribution is -1.93. The number of para-hydroxylation sites is 2. The Morgan fingerprint density at radius 2 is 1.13 bits per heavy atom. The van der Waals surface area contributed by atoms with Crippen LogP contribution in [0.15, 0.2) is 144 Å². The molecule has 4 aromatic heterocycles. The molecule has 0 aliphatic rings. The predicted molar refractivity (Wildman–Crippen MR) is 199 cm³/mol. The standard InChI is InChI=1S/C42H23NOS2/c1-4-15-34-26(9-1)31-23-38-32(27-10-2-5-17-37(27)44-38)22-36(31)43(34)35-16-8-14-30-33-21-24(19-20-40(33)46-42(30)35)25-12-7-13-29-28-11-3-6-18-39(28)45-41(25)29/h1-23H. The summed E-state index contributed by atoms with van der Waals surface area (Å²) in [6.45, 7) is 0. The molecule has 0 amide bonds. The Bertz CT molecular complexity index is 3040. The van der Waals surface area contributed by atoms with Gasteiger partial charge in [-0.25, -0.2) is 0 Å². The summed E-state index contributed by atoms with van der Waals surface area (Å²) >= 11 is 3.78. The minimum absolute atomic E-state index is 0.926. The van der Waals surface area contributed by atoms with Crippen LogP contribution in [0.2, 0.25) is 0 Å². The summed E-state index contributed by atoms with van der Waals surface area (Å²) in [6.07, 6.45) is 0. The molecule has 0 spiro atoms. The third-order valence-corrected chi connectivity index (χ3v) is 12.0. The molecule has 0 fully saturated rings. The van der Waals surface area contributed by atoms with Gasteiger partial charge >= 0.3 is 0 Å². The van der Waals surface area contributed by atoms with E-state index in [0.717, 1.165) is 21.9 Å². The fourth-order valence-corrected chi connectivity index (χ4v) is 9.97. The molecular weight excluding hydrogens is 599 g/mol. The lowest BCUT2D eigenvalue weighted by atomic mass is 10.0. The molecule has 0 bridgehead atoms. The summed E-state index contributed by atoms with van der Waals surface area (Å²) in [5.41, 5.74) is 8.03. The Kier molecular flexibility index (Phi) is 4.90. The third kappa shape index (κ3) is 3.30. The Balaban J connectivity index is 1.18. The molecule has 0 N–H and O–H groups in total. The molecule has 0 saturated heterocycles. The minimum Gasteiger partial charge on any atom is -0.456 e. The second-order valence-electron chi connectivity index (χ2n) is 12.1. The summed E-state index contributed by atoms with van der Waals surface area (Å²) in [4.78, 5) is 0. The quantitative estimate of drug-likeness (QED) is 0.188. The Morgan fingerprint density at radius 3 is 2.07 bits per heavy atom. The topological polar surface area (TPSA) is 18.1 Å². The molecule has 0 atom stereocenters. The van der Waals surface area contributed by atoms with Crippen molar-refractivity contribution in [1.29, 1.82) is 0 Å². The van der Waals surface area contributed by atoms with Crippen LogP contribution >= 0.6 is 22.7 Å². The zero-order valence-electron chi connectivity index (χ0n) is 24.5. The van der Waals surface area contributed by atoms with Crippen molar-refractivity contribution in [2.75, 3.05) is 0 Å². The van der Waals surface area contributed by atoms with E-state index in [2.05, 4.69) is 138 Å². The summed E-state index contributed by atoms with van der Waals surface area (Å²) in [5, 5.41) is 10.0. The van der Waals surface area contributed by atoms with E-state index in [4.69, 9.17) is 4.42 Å². The van der Waals surface area contributed by atoms with Gasteiger partial charge in [-0.15, -0.1) is 22.7 Å². The number of aromatic nitrogens is 1. The largest absolute Gasteiger partial charge is 0.456 e. The highest BCUT2D eigenvalue weighted by Gasteiger charge is 2.19. The third-order valence-electron chi connectivity index (χ3n) is 9.60. The number of fused-ring (bicyclic) bond motifs is 12. The molecule has 2 nitrogen and oxygen atoms in total. The summed E-state index contributed by atoms with van der Waals surface area (Å²) in [6, 6.07) is 50.9. The maximum absolute atomic E-state index is 6.32. The van der Waals surface area contributed by atoms with Gasteiger partial charge in [-0.1, -0.05) is 91.0 Å². The van der Waals surface area contributed by atoms with Crippen molar-refractivity contribution >= 4 is 107 Å². The fourth-order valence-electron chi connectivity index (χ4n) is 7.55. The van der Waals surface area contributed by atoms with Crippen molar-refractivity contribution < 1.29 is 4.42 Å². The van der Waals surface area contributed by atoms with Crippen LogP contribution < -0.4 is 0 Å². The van der Waals surface area contributed by atoms with Gasteiger partial charge in [-0.05, 0) is 59.7 Å². The number of furan rings is 1. The van der Waals surface area contributed by atoms with Gasteiger partial charge < -0.3 is 8.98 Å². The number of benzene rings is 7. The van der Waals surface area contributed by atoms with E-state index in [0.29, 0.717) is 0 Å². The molecule has 0 aliphatic heterocycles. The fraction of sp³-hybridized carbons (Fsp3) is 0. The van der Waals surface area contributed by atoms with Crippen LogP contribution in [0.5, 0.6) is 0 Å². The van der Waals surface area contributed by atoms with Gasteiger partial charge in [0.05, 0.1) is 21.4 Å². The molecule has 7 aromatic carbocycles. The normalized spacial score (nSPS) is 12.3. The maximum Gasteiger partial charge on any atom is 0.136 e. The zero-order valence-corrected chi connectivity index (χ0v) is 26.1. The first-order valence-electron chi connectivity index (χ1n) is 15.5. The SMILES string of the molecule is c1ccc2c(c1)oc1cc3c4ccccc4n(-c4cccc5c4sc4ccc(-c6cccc7c6sc6ccccc67)cc45)c3cc12. The van der Waals surface area contributed by atoms with Gasteiger partial charge in [0, 0.05) is 57.2 Å². The van der Waals surface area contributed by atoms with Crippen LogP contribution in [-0.2, 0) is 0 Å². The van der Waals surface area contributed by atoms with Crippen LogP contribution in [0.25, 0.3) is 101 Å². The van der Waals surface area contributed by atoms with Crippen LogP contribution in [0, 0.1) is 0 Å². The van der Waals surface area contributed by atoms with Gasteiger partial charge in [0.15, 0.2) is 0 Å². The second-order valence-corrected chi connectivity index (χ2v) is 14.2. The Hall–Kier alpha value is -5.42. The molecule has 4 heteroatoms. The lowest BCUT2D eigenvalue weighted by molar-refractivity contribution is 0.669. The first kappa shape index (κ1) is 24.8. The number of nitrogens with zero attached hydrogens (tertiary/aromatic N) is 1. The van der Waals surface area contributed by atoms with Crippen molar-refractivity contribution in [2.24, 2.45) is 0 Å². The van der Waals surface area contributed by atoms with Crippen LogP contribution in [-0.4, -0.2) is 4.57 Å². The summed E-state index contributed by atoms with van der Waals surface area (Å²) in [7, 11) is 0. The summed E-state index contributed by atoms with van der Waals surface area (Å²) in [5.74, 6) is 0. The van der Waals surface area contributed by atoms with Crippen LogP contribution in [0.4, 0.5) is 0 Å². The molecule has 0 saturated carbocycles. The van der Waals surface area contributed by atoms with Crippen molar-refractivity contribution in [3.8, 4) is 16.8 Å². The zero-order chi connectivity index (χ0) is 29.9. The highest BCUT2D eigenvalue weighted by Crippen LogP contribution is 2.45. The van der Waals surface area contributed by atoms with Crippen molar-refractivity contribution in [3.63, 3.8) is 0 Å². The second kappa shape index (κ2) is 9.07. The first-order chi connectivity index (χ1) is 22.8. The molecule has 4 heterocycles. The average Bonchev–Trinajstić information content (AvgIpc) is 3.85. The molecule has 0 aliphatic carbocycles. The Morgan fingerprint density at radius 1 is 0.413 bits per heavy atom. The maximum atomic E-state index is 6.32. The molecular formula is C42H23NOS2. The first-order valence-corrected chi connectivity index (χ1v) is 17.1. The van der Waals surface area contributed by atoms with Crippen molar-refractivity contribution in [2.45, 2.75) is 0 Å². The van der Waals surface area contributed by atoms with Gasteiger partial charge in [0.2, 0.25) is 0 Å². The molecule has 0 unspecified atom stereocenters. The van der Waals surface area contributed by atoms with Crippen molar-refractivity contribution in [1.82, 2.24) is 4.57 Å². The van der Waals surface area contributed by atoms with E-state index in [1.54, 1.807) is 0 Å².